The molecule has 1 rings (SSSR count). The van der Waals surface area contributed by atoms with E-state index in [1.165, 1.54) is 13.8 Å². The van der Waals surface area contributed by atoms with E-state index < -0.39 is 0 Å². The molecule has 0 fully saturated rings. The van der Waals surface area contributed by atoms with Gasteiger partial charge in [0, 0.05) is 26.6 Å². The first kappa shape index (κ1) is 11.4. The van der Waals surface area contributed by atoms with Gasteiger partial charge in [-0.15, -0.1) is 0 Å². The average Bonchev–Trinajstić information content (AvgIpc) is 2.57. The van der Waals surface area contributed by atoms with Gasteiger partial charge in [-0.25, -0.2) is 4.98 Å². The van der Waals surface area contributed by atoms with Crippen LogP contribution in [0.15, 0.2) is 6.20 Å². The molecule has 82 valence electrons. The van der Waals surface area contributed by atoms with E-state index in [9.17, 15) is 9.59 Å². The zero-order chi connectivity index (χ0) is 11.4. The molecule has 0 radical (unpaired) electrons. The summed E-state index contributed by atoms with van der Waals surface area (Å²) in [5, 5.41) is 0. The van der Waals surface area contributed by atoms with Gasteiger partial charge >= 0.3 is 5.97 Å². The average molecular weight is 210 g/mol. The highest BCUT2D eigenvalue weighted by atomic mass is 16.5. The second-order valence-corrected chi connectivity index (χ2v) is 3.18. The number of Topliss-reactive ketones (excluding diaryl/α,β-unsaturated/α-hetero) is 1. The maximum absolute atomic E-state index is 11.2. The lowest BCUT2D eigenvalue weighted by molar-refractivity contribution is -0.142. The fraction of sp³-hybridized carbons (Fsp3) is 0.500. The van der Waals surface area contributed by atoms with Crippen molar-refractivity contribution in [2.24, 2.45) is 0 Å². The molecule has 1 heterocycles. The smallest absolute Gasteiger partial charge is 0.303 e. The number of rotatable bonds is 4. The second-order valence-electron chi connectivity index (χ2n) is 3.18. The summed E-state index contributed by atoms with van der Waals surface area (Å²) in [6.45, 7) is 5.50. The molecular formula is C10H14N2O3. The third-order valence-corrected chi connectivity index (χ3v) is 1.91. The summed E-state index contributed by atoms with van der Waals surface area (Å²) in [6.07, 6.45) is 1.72. The van der Waals surface area contributed by atoms with E-state index in [-0.39, 0.29) is 18.4 Å². The van der Waals surface area contributed by atoms with Crippen LogP contribution >= 0.6 is 0 Å². The van der Waals surface area contributed by atoms with Crippen LogP contribution in [-0.2, 0) is 22.7 Å². The van der Waals surface area contributed by atoms with Crippen molar-refractivity contribution in [1.82, 2.24) is 9.55 Å². The number of carbonyl (C=O) groups excluding carboxylic acids is 2. The number of ether oxygens (including phenoxy) is 1. The molecule has 1 aromatic heterocycles. The minimum Gasteiger partial charge on any atom is -0.459 e. The van der Waals surface area contributed by atoms with Crippen LogP contribution in [-0.4, -0.2) is 21.3 Å². The highest BCUT2D eigenvalue weighted by molar-refractivity contribution is 5.90. The van der Waals surface area contributed by atoms with E-state index in [4.69, 9.17) is 4.74 Å². The normalized spacial score (nSPS) is 10.1. The van der Waals surface area contributed by atoms with Crippen molar-refractivity contribution in [2.45, 2.75) is 33.9 Å². The zero-order valence-electron chi connectivity index (χ0n) is 9.11. The Labute approximate surface area is 88.1 Å². The first-order chi connectivity index (χ1) is 7.04. The Hall–Kier alpha value is -1.65. The lowest BCUT2D eigenvalue weighted by atomic mass is 10.4. The molecule has 5 heteroatoms. The summed E-state index contributed by atoms with van der Waals surface area (Å²) in [4.78, 5) is 25.9. The number of esters is 1. The van der Waals surface area contributed by atoms with Gasteiger partial charge in [-0.3, -0.25) is 9.59 Å². The maximum Gasteiger partial charge on any atom is 0.303 e. The number of hydrogen-bond acceptors (Lipinski definition) is 4. The van der Waals surface area contributed by atoms with Gasteiger partial charge in [0.25, 0.3) is 0 Å². The molecule has 0 saturated heterocycles. The van der Waals surface area contributed by atoms with Gasteiger partial charge in [0.2, 0.25) is 0 Å². The van der Waals surface area contributed by atoms with Crippen molar-refractivity contribution in [1.29, 1.82) is 0 Å². The first-order valence-electron chi connectivity index (χ1n) is 4.75. The van der Waals surface area contributed by atoms with Crippen molar-refractivity contribution in [2.75, 3.05) is 0 Å². The van der Waals surface area contributed by atoms with E-state index >= 15 is 0 Å². The third kappa shape index (κ3) is 2.90. The Morgan fingerprint density at radius 2 is 2.13 bits per heavy atom. The molecule has 0 unspecified atom stereocenters. The minimum atomic E-state index is -0.356. The first-order valence-corrected chi connectivity index (χ1v) is 4.75. The van der Waals surface area contributed by atoms with Gasteiger partial charge in [0.15, 0.2) is 11.6 Å². The lowest BCUT2D eigenvalue weighted by Gasteiger charge is -1.98. The molecule has 1 aromatic rings. The Balaban J connectivity index is 2.83. The monoisotopic (exact) mass is 210 g/mol. The fourth-order valence-corrected chi connectivity index (χ4v) is 1.24. The second kappa shape index (κ2) is 4.72. The fourth-order valence-electron chi connectivity index (χ4n) is 1.24. The Morgan fingerprint density at radius 1 is 1.47 bits per heavy atom. The molecule has 0 aliphatic heterocycles. The van der Waals surface area contributed by atoms with E-state index in [1.807, 2.05) is 6.92 Å². The number of aryl methyl sites for hydroxylation is 1. The number of nitrogens with zero attached hydrogens (tertiary/aromatic N) is 2. The molecule has 0 aliphatic carbocycles. The standard InChI is InChI=1S/C10H14N2O3/c1-4-12-5-9(6-15-8(3)14)11-10(12)7(2)13/h5H,4,6H2,1-3H3. The van der Waals surface area contributed by atoms with Crippen LogP contribution in [0.5, 0.6) is 0 Å². The predicted molar refractivity (Wildman–Crippen MR) is 53.4 cm³/mol. The van der Waals surface area contributed by atoms with E-state index in [1.54, 1.807) is 10.8 Å². The summed E-state index contributed by atoms with van der Waals surface area (Å²) >= 11 is 0. The summed E-state index contributed by atoms with van der Waals surface area (Å²) in [7, 11) is 0. The predicted octanol–water partition coefficient (Wildman–Crippen LogP) is 1.17. The summed E-state index contributed by atoms with van der Waals surface area (Å²) in [5.41, 5.74) is 0.595. The van der Waals surface area contributed by atoms with Crippen molar-refractivity contribution in [3.05, 3.63) is 17.7 Å². The van der Waals surface area contributed by atoms with Crippen molar-refractivity contribution in [3.8, 4) is 0 Å². The van der Waals surface area contributed by atoms with Crippen LogP contribution in [0.4, 0.5) is 0 Å². The van der Waals surface area contributed by atoms with Gasteiger partial charge in [-0.05, 0) is 6.92 Å². The number of carbonyl (C=O) groups is 2. The van der Waals surface area contributed by atoms with Gasteiger partial charge in [0.1, 0.15) is 6.61 Å². The Kier molecular flexibility index (Phi) is 3.60. The number of imidazole rings is 1. The molecule has 0 aromatic carbocycles. The summed E-state index contributed by atoms with van der Waals surface area (Å²) < 4.78 is 6.53. The molecule has 0 spiro atoms. The van der Waals surface area contributed by atoms with Crippen molar-refractivity contribution in [3.63, 3.8) is 0 Å². The van der Waals surface area contributed by atoms with Gasteiger partial charge in [-0.1, -0.05) is 0 Å². The molecule has 0 bridgehead atoms. The number of hydrogen-bond donors (Lipinski definition) is 0. The van der Waals surface area contributed by atoms with Crippen LogP contribution in [0.2, 0.25) is 0 Å². The molecular weight excluding hydrogens is 196 g/mol. The lowest BCUT2D eigenvalue weighted by Crippen LogP contribution is -2.05. The Morgan fingerprint density at radius 3 is 2.53 bits per heavy atom. The van der Waals surface area contributed by atoms with E-state index in [0.717, 1.165) is 0 Å². The van der Waals surface area contributed by atoms with Gasteiger partial charge in [-0.2, -0.15) is 0 Å². The zero-order valence-corrected chi connectivity index (χ0v) is 9.11. The topological polar surface area (TPSA) is 61.2 Å². The molecule has 5 nitrogen and oxygen atoms in total. The van der Waals surface area contributed by atoms with Gasteiger partial charge in [0.05, 0.1) is 5.69 Å². The highest BCUT2D eigenvalue weighted by Crippen LogP contribution is 2.05. The summed E-state index contributed by atoms with van der Waals surface area (Å²) in [6, 6.07) is 0. The molecule has 0 aliphatic rings. The van der Waals surface area contributed by atoms with Crippen molar-refractivity contribution < 1.29 is 14.3 Å². The quantitative estimate of drug-likeness (QED) is 0.552. The van der Waals surface area contributed by atoms with Crippen LogP contribution in [0.1, 0.15) is 37.1 Å². The summed E-state index contributed by atoms with van der Waals surface area (Å²) in [5.74, 6) is -0.0454. The van der Waals surface area contributed by atoms with E-state index in [0.29, 0.717) is 18.1 Å². The van der Waals surface area contributed by atoms with Crippen LogP contribution < -0.4 is 0 Å². The number of aromatic nitrogens is 2. The van der Waals surface area contributed by atoms with Crippen LogP contribution in [0.3, 0.4) is 0 Å². The largest absolute Gasteiger partial charge is 0.459 e. The van der Waals surface area contributed by atoms with E-state index in [2.05, 4.69) is 4.98 Å². The maximum atomic E-state index is 11.2. The van der Waals surface area contributed by atoms with Crippen molar-refractivity contribution >= 4 is 11.8 Å². The van der Waals surface area contributed by atoms with Crippen LogP contribution in [0, 0.1) is 0 Å². The van der Waals surface area contributed by atoms with Crippen LogP contribution in [0.25, 0.3) is 0 Å². The SMILES string of the molecule is CCn1cc(COC(C)=O)nc1C(C)=O. The third-order valence-electron chi connectivity index (χ3n) is 1.91. The number of ketones is 1. The molecule has 0 amide bonds. The molecule has 0 atom stereocenters. The molecule has 0 saturated carbocycles. The molecule has 0 N–H and O–H groups in total. The minimum absolute atomic E-state index is 0.0917. The highest BCUT2D eigenvalue weighted by Gasteiger charge is 2.11. The van der Waals surface area contributed by atoms with Gasteiger partial charge < -0.3 is 9.30 Å². The molecule has 15 heavy (non-hydrogen) atoms. The Bertz CT molecular complexity index is 382.